The number of benzene rings is 3. The van der Waals surface area contributed by atoms with Crippen molar-refractivity contribution in [2.24, 2.45) is 0 Å². The third kappa shape index (κ3) is 2.38. The Morgan fingerprint density at radius 1 is 1.00 bits per heavy atom. The first-order valence-electron chi connectivity index (χ1n) is 7.44. The minimum atomic E-state index is 0.226. The van der Waals surface area contributed by atoms with E-state index in [4.69, 9.17) is 4.42 Å². The largest absolute Gasteiger partial charge is 0.508 e. The molecule has 0 radical (unpaired) electrons. The molecule has 114 valence electrons. The molecule has 0 amide bonds. The molecule has 4 heteroatoms. The van der Waals surface area contributed by atoms with Gasteiger partial charge in [0.05, 0.1) is 11.6 Å². The smallest absolute Gasteiger partial charge is 0.220 e. The minimum Gasteiger partial charge on any atom is -0.508 e. The molecule has 4 aromatic rings. The average molecular weight is 312 g/mol. The molecule has 0 fully saturated rings. The van der Waals surface area contributed by atoms with Crippen LogP contribution in [0.15, 0.2) is 59.0 Å². The Hall–Kier alpha value is -3.58. The Kier molecular flexibility index (Phi) is 3.25. The van der Waals surface area contributed by atoms with Crippen molar-refractivity contribution < 1.29 is 9.52 Å². The van der Waals surface area contributed by atoms with Crippen molar-refractivity contribution in [2.45, 2.75) is 0 Å². The lowest BCUT2D eigenvalue weighted by molar-refractivity contribution is 0.475. The number of aromatic nitrogens is 1. The van der Waals surface area contributed by atoms with Crippen LogP contribution in [0.5, 0.6) is 5.75 Å². The molecule has 0 aliphatic rings. The second kappa shape index (κ2) is 5.56. The fourth-order valence-corrected chi connectivity index (χ4v) is 2.69. The second-order valence-corrected chi connectivity index (χ2v) is 5.41. The monoisotopic (exact) mass is 312 g/mol. The molecule has 1 N–H and O–H groups in total. The fraction of sp³-hybridized carbons (Fsp3) is 0. The molecule has 4 nitrogen and oxygen atoms in total. The first kappa shape index (κ1) is 14.0. The summed E-state index contributed by atoms with van der Waals surface area (Å²) in [6.45, 7) is 0. The van der Waals surface area contributed by atoms with Gasteiger partial charge in [-0.05, 0) is 23.8 Å². The number of nitrogens with zero attached hydrogens (tertiary/aromatic N) is 2. The molecule has 24 heavy (non-hydrogen) atoms. The van der Waals surface area contributed by atoms with Crippen LogP contribution in [0.2, 0.25) is 0 Å². The first-order valence-corrected chi connectivity index (χ1v) is 7.44. The molecule has 0 unspecified atom stereocenters. The van der Waals surface area contributed by atoms with E-state index in [2.05, 4.69) is 11.1 Å². The maximum Gasteiger partial charge on any atom is 0.220 e. The van der Waals surface area contributed by atoms with Gasteiger partial charge < -0.3 is 9.52 Å². The van der Waals surface area contributed by atoms with Gasteiger partial charge in [-0.25, -0.2) is 4.98 Å². The number of oxazole rings is 1. The van der Waals surface area contributed by atoms with Crippen LogP contribution in [-0.4, -0.2) is 10.1 Å². The van der Waals surface area contributed by atoms with E-state index in [0.717, 1.165) is 21.9 Å². The highest BCUT2D eigenvalue weighted by molar-refractivity contribution is 6.06. The van der Waals surface area contributed by atoms with Gasteiger partial charge in [-0.1, -0.05) is 36.4 Å². The first-order chi connectivity index (χ1) is 11.7. The lowest BCUT2D eigenvalue weighted by atomic mass is 10.0. The molecule has 0 saturated carbocycles. The van der Waals surface area contributed by atoms with Gasteiger partial charge in [0.25, 0.3) is 0 Å². The number of rotatable bonds is 2. The molecule has 0 atom stereocenters. The number of hydrogen-bond acceptors (Lipinski definition) is 4. The van der Waals surface area contributed by atoms with E-state index in [-0.39, 0.29) is 5.75 Å². The van der Waals surface area contributed by atoms with E-state index in [1.807, 2.05) is 30.3 Å². The number of nitriles is 1. The molecular formula is C20H12N2O2. The Morgan fingerprint density at radius 3 is 2.50 bits per heavy atom. The molecule has 0 aliphatic heterocycles. The van der Waals surface area contributed by atoms with Gasteiger partial charge in [0.15, 0.2) is 5.58 Å². The summed E-state index contributed by atoms with van der Waals surface area (Å²) in [6.07, 6.45) is 3.63. The number of aromatic hydroxyl groups is 1. The maximum atomic E-state index is 9.33. The highest BCUT2D eigenvalue weighted by atomic mass is 16.3. The minimum absolute atomic E-state index is 0.226. The Bertz CT molecular complexity index is 1120. The molecule has 0 spiro atoms. The molecule has 4 rings (SSSR count). The highest BCUT2D eigenvalue weighted by Gasteiger charge is 2.11. The summed E-state index contributed by atoms with van der Waals surface area (Å²) in [5, 5.41) is 20.4. The molecule has 0 saturated heterocycles. The topological polar surface area (TPSA) is 70.0 Å². The van der Waals surface area contributed by atoms with Crippen LogP contribution < -0.4 is 0 Å². The van der Waals surface area contributed by atoms with E-state index in [9.17, 15) is 10.4 Å². The van der Waals surface area contributed by atoms with Crippen LogP contribution in [-0.2, 0) is 0 Å². The fourth-order valence-electron chi connectivity index (χ4n) is 2.69. The van der Waals surface area contributed by atoms with Crippen LogP contribution in [0.1, 0.15) is 17.0 Å². The Morgan fingerprint density at radius 2 is 1.75 bits per heavy atom. The highest BCUT2D eigenvalue weighted by Crippen LogP contribution is 2.29. The standard InChI is InChI=1S/C20H12N2O2/c21-12-14-11-18-20(17-4-2-1-3-16(14)17)22-19(24-18)10-7-13-5-8-15(23)9-6-13/h1-11,23H/b10-7+. The van der Waals surface area contributed by atoms with Gasteiger partial charge in [0, 0.05) is 22.9 Å². The van der Waals surface area contributed by atoms with Gasteiger partial charge in [-0.3, -0.25) is 0 Å². The third-order valence-electron chi connectivity index (χ3n) is 3.85. The summed E-state index contributed by atoms with van der Waals surface area (Å²) >= 11 is 0. The van der Waals surface area contributed by atoms with E-state index < -0.39 is 0 Å². The second-order valence-electron chi connectivity index (χ2n) is 5.41. The van der Waals surface area contributed by atoms with Crippen molar-refractivity contribution in [2.75, 3.05) is 0 Å². The number of phenolic OH excluding ortho intramolecular Hbond substituents is 1. The van der Waals surface area contributed by atoms with Crippen molar-refractivity contribution in [1.82, 2.24) is 4.98 Å². The van der Waals surface area contributed by atoms with Crippen LogP contribution in [0.4, 0.5) is 0 Å². The Balaban J connectivity index is 1.82. The summed E-state index contributed by atoms with van der Waals surface area (Å²) in [5.41, 5.74) is 2.84. The zero-order valence-corrected chi connectivity index (χ0v) is 12.6. The van der Waals surface area contributed by atoms with E-state index in [0.29, 0.717) is 17.0 Å². The molecule has 0 bridgehead atoms. The van der Waals surface area contributed by atoms with Gasteiger partial charge in [0.1, 0.15) is 11.3 Å². The number of hydrogen-bond donors (Lipinski definition) is 1. The molecule has 1 heterocycles. The molecular weight excluding hydrogens is 300 g/mol. The quantitative estimate of drug-likeness (QED) is 0.581. The predicted molar refractivity (Wildman–Crippen MR) is 93.3 cm³/mol. The van der Waals surface area contributed by atoms with Crippen LogP contribution >= 0.6 is 0 Å². The summed E-state index contributed by atoms with van der Waals surface area (Å²) in [5.74, 6) is 0.697. The van der Waals surface area contributed by atoms with E-state index >= 15 is 0 Å². The van der Waals surface area contributed by atoms with Crippen molar-refractivity contribution in [3.05, 3.63) is 71.6 Å². The SMILES string of the molecule is N#Cc1cc2oc(/C=C/c3ccc(O)cc3)nc2c2ccccc12. The summed E-state index contributed by atoms with van der Waals surface area (Å²) in [7, 11) is 0. The normalized spacial score (nSPS) is 11.3. The van der Waals surface area contributed by atoms with Gasteiger partial charge in [0.2, 0.25) is 5.89 Å². The van der Waals surface area contributed by atoms with Gasteiger partial charge >= 0.3 is 0 Å². The third-order valence-corrected chi connectivity index (χ3v) is 3.85. The average Bonchev–Trinajstić information content (AvgIpc) is 3.03. The van der Waals surface area contributed by atoms with Gasteiger partial charge in [-0.15, -0.1) is 0 Å². The van der Waals surface area contributed by atoms with Crippen molar-refractivity contribution in [1.29, 1.82) is 5.26 Å². The molecule has 1 aromatic heterocycles. The lowest BCUT2D eigenvalue weighted by Crippen LogP contribution is -1.81. The summed E-state index contributed by atoms with van der Waals surface area (Å²) in [4.78, 5) is 4.54. The number of fused-ring (bicyclic) bond motifs is 3. The van der Waals surface area contributed by atoms with E-state index in [1.165, 1.54) is 0 Å². The van der Waals surface area contributed by atoms with Crippen LogP contribution in [0, 0.1) is 11.3 Å². The van der Waals surface area contributed by atoms with Crippen LogP contribution in [0.25, 0.3) is 34.0 Å². The van der Waals surface area contributed by atoms with Gasteiger partial charge in [-0.2, -0.15) is 5.26 Å². The predicted octanol–water partition coefficient (Wildman–Crippen LogP) is 4.73. The summed E-state index contributed by atoms with van der Waals surface area (Å²) < 4.78 is 5.77. The molecule has 0 aliphatic carbocycles. The zero-order valence-electron chi connectivity index (χ0n) is 12.6. The lowest BCUT2D eigenvalue weighted by Gasteiger charge is -1.99. The maximum absolute atomic E-state index is 9.33. The number of phenols is 1. The van der Waals surface area contributed by atoms with Crippen molar-refractivity contribution in [3.8, 4) is 11.8 Å². The van der Waals surface area contributed by atoms with Crippen molar-refractivity contribution >= 4 is 34.0 Å². The zero-order chi connectivity index (χ0) is 16.5. The van der Waals surface area contributed by atoms with Crippen molar-refractivity contribution in [3.63, 3.8) is 0 Å². The Labute approximate surface area is 137 Å². The van der Waals surface area contributed by atoms with E-state index in [1.54, 1.807) is 36.4 Å². The summed E-state index contributed by atoms with van der Waals surface area (Å²) in [6, 6.07) is 18.5. The van der Waals surface area contributed by atoms with Crippen LogP contribution in [0.3, 0.4) is 0 Å². The molecule has 3 aromatic carbocycles.